The van der Waals surface area contributed by atoms with Gasteiger partial charge in [-0.15, -0.1) is 0 Å². The fourth-order valence-electron chi connectivity index (χ4n) is 5.30. The topological polar surface area (TPSA) is 34.9 Å². The van der Waals surface area contributed by atoms with E-state index in [9.17, 15) is 4.79 Å². The van der Waals surface area contributed by atoms with Gasteiger partial charge < -0.3 is 0 Å². The summed E-state index contributed by atoms with van der Waals surface area (Å²) in [5.74, 6) is 4.12. The van der Waals surface area contributed by atoms with Gasteiger partial charge >= 0.3 is 0 Å². The van der Waals surface area contributed by atoms with Crippen LogP contribution < -0.4 is 0 Å². The maximum atomic E-state index is 12.7. The Labute approximate surface area is 114 Å². The number of aromatic nitrogens is 2. The minimum atomic E-state index is 0.356. The summed E-state index contributed by atoms with van der Waals surface area (Å²) in [7, 11) is 1.91. The first-order valence-corrected chi connectivity index (χ1v) is 7.70. The molecule has 4 aliphatic carbocycles. The average molecular weight is 258 g/mol. The standard InChI is InChI=1S/C16H22N2O/c1-18-3-2-14(17-18)9-15(19)16-12-5-10-4-11(7-12)8-13(16)6-10/h2-3,10-13,16H,4-9H2,1H3. The number of Topliss-reactive ketones (excluding diaryl/α,β-unsaturated/α-hetero) is 1. The largest absolute Gasteiger partial charge is 0.299 e. The Morgan fingerprint density at radius 2 is 1.84 bits per heavy atom. The van der Waals surface area contributed by atoms with Gasteiger partial charge in [-0.25, -0.2) is 0 Å². The molecular weight excluding hydrogens is 236 g/mol. The van der Waals surface area contributed by atoms with E-state index in [-0.39, 0.29) is 0 Å². The molecule has 102 valence electrons. The summed E-state index contributed by atoms with van der Waals surface area (Å²) in [5.41, 5.74) is 0.946. The summed E-state index contributed by atoms with van der Waals surface area (Å²) in [6, 6.07) is 1.98. The SMILES string of the molecule is Cn1ccc(CC(=O)C2C3CC4CC(C3)CC2C4)n1. The highest BCUT2D eigenvalue weighted by molar-refractivity contribution is 5.83. The second-order valence-electron chi connectivity index (χ2n) is 7.08. The van der Waals surface area contributed by atoms with Crippen LogP contribution in [0.1, 0.15) is 37.8 Å². The monoisotopic (exact) mass is 258 g/mol. The number of hydrogen-bond acceptors (Lipinski definition) is 2. The van der Waals surface area contributed by atoms with Crippen molar-refractivity contribution in [2.24, 2.45) is 36.6 Å². The maximum absolute atomic E-state index is 12.7. The molecule has 4 saturated carbocycles. The van der Waals surface area contributed by atoms with Gasteiger partial charge in [0.15, 0.2) is 0 Å². The quantitative estimate of drug-likeness (QED) is 0.835. The Bertz CT molecular complexity index is 477. The Morgan fingerprint density at radius 1 is 1.21 bits per heavy atom. The Kier molecular flexibility index (Phi) is 2.58. The molecule has 0 radical (unpaired) electrons. The van der Waals surface area contributed by atoms with Gasteiger partial charge in [0.25, 0.3) is 0 Å². The van der Waals surface area contributed by atoms with Crippen LogP contribution in [0, 0.1) is 29.6 Å². The molecule has 0 amide bonds. The minimum absolute atomic E-state index is 0.356. The van der Waals surface area contributed by atoms with E-state index in [1.54, 1.807) is 4.68 Å². The average Bonchev–Trinajstić information content (AvgIpc) is 2.73. The zero-order chi connectivity index (χ0) is 13.0. The number of hydrogen-bond donors (Lipinski definition) is 0. The molecule has 4 aliphatic rings. The third-order valence-corrected chi connectivity index (χ3v) is 5.72. The lowest BCUT2D eigenvalue weighted by Crippen LogP contribution is -2.48. The van der Waals surface area contributed by atoms with Crippen molar-refractivity contribution in [3.05, 3.63) is 18.0 Å². The minimum Gasteiger partial charge on any atom is -0.299 e. The molecule has 5 rings (SSSR count). The Balaban J connectivity index is 1.51. The molecule has 0 N–H and O–H groups in total. The van der Waals surface area contributed by atoms with Crippen molar-refractivity contribution in [2.75, 3.05) is 0 Å². The number of carbonyl (C=O) groups is 1. The Morgan fingerprint density at radius 3 is 2.37 bits per heavy atom. The van der Waals surface area contributed by atoms with E-state index < -0.39 is 0 Å². The second kappa shape index (κ2) is 4.19. The molecule has 4 bridgehead atoms. The number of aryl methyl sites for hydroxylation is 1. The highest BCUT2D eigenvalue weighted by Gasteiger charge is 2.50. The molecule has 0 spiro atoms. The van der Waals surface area contributed by atoms with Crippen molar-refractivity contribution >= 4 is 5.78 Å². The molecule has 0 unspecified atom stereocenters. The fourth-order valence-corrected chi connectivity index (χ4v) is 5.30. The predicted molar refractivity (Wildman–Crippen MR) is 72.5 cm³/mol. The molecule has 0 atom stereocenters. The highest BCUT2D eigenvalue weighted by Crippen LogP contribution is 2.56. The van der Waals surface area contributed by atoms with E-state index in [1.807, 2.05) is 19.3 Å². The van der Waals surface area contributed by atoms with Crippen LogP contribution in [0.3, 0.4) is 0 Å². The predicted octanol–water partition coefficient (Wildman–Crippen LogP) is 2.60. The van der Waals surface area contributed by atoms with Crippen LogP contribution in [0.5, 0.6) is 0 Å². The molecule has 19 heavy (non-hydrogen) atoms. The summed E-state index contributed by atoms with van der Waals surface area (Å²) in [6.45, 7) is 0. The summed E-state index contributed by atoms with van der Waals surface area (Å²) in [4.78, 5) is 12.7. The molecule has 0 aromatic carbocycles. The molecule has 1 aromatic rings. The lowest BCUT2D eigenvalue weighted by atomic mass is 9.51. The van der Waals surface area contributed by atoms with Crippen LogP contribution in [-0.2, 0) is 18.3 Å². The van der Waals surface area contributed by atoms with Gasteiger partial charge in [0.2, 0.25) is 0 Å². The molecule has 0 aliphatic heterocycles. The van der Waals surface area contributed by atoms with E-state index in [2.05, 4.69) is 5.10 Å². The van der Waals surface area contributed by atoms with Crippen LogP contribution >= 0.6 is 0 Å². The number of nitrogens with zero attached hydrogens (tertiary/aromatic N) is 2. The highest BCUT2D eigenvalue weighted by atomic mass is 16.1. The molecule has 4 fully saturated rings. The lowest BCUT2D eigenvalue weighted by Gasteiger charge is -2.53. The lowest BCUT2D eigenvalue weighted by molar-refractivity contribution is -0.135. The van der Waals surface area contributed by atoms with Crippen molar-refractivity contribution < 1.29 is 4.79 Å². The first kappa shape index (κ1) is 11.7. The van der Waals surface area contributed by atoms with Gasteiger partial charge in [-0.3, -0.25) is 9.48 Å². The van der Waals surface area contributed by atoms with Crippen molar-refractivity contribution in [2.45, 2.75) is 38.5 Å². The van der Waals surface area contributed by atoms with Gasteiger partial charge in [0.1, 0.15) is 5.78 Å². The summed E-state index contributed by atoms with van der Waals surface area (Å²) < 4.78 is 1.79. The molecule has 3 nitrogen and oxygen atoms in total. The smallest absolute Gasteiger partial charge is 0.142 e. The van der Waals surface area contributed by atoms with Crippen LogP contribution in [0.15, 0.2) is 12.3 Å². The fraction of sp³-hybridized carbons (Fsp3) is 0.750. The van der Waals surface area contributed by atoms with Crippen molar-refractivity contribution in [3.8, 4) is 0 Å². The summed E-state index contributed by atoms with van der Waals surface area (Å²) in [5, 5.41) is 4.36. The van der Waals surface area contributed by atoms with Crippen LogP contribution in [-0.4, -0.2) is 15.6 Å². The van der Waals surface area contributed by atoms with Gasteiger partial charge in [0, 0.05) is 19.2 Å². The number of ketones is 1. The van der Waals surface area contributed by atoms with E-state index in [0.29, 0.717) is 30.0 Å². The van der Waals surface area contributed by atoms with Crippen molar-refractivity contribution in [3.63, 3.8) is 0 Å². The maximum Gasteiger partial charge on any atom is 0.142 e. The zero-order valence-corrected chi connectivity index (χ0v) is 11.6. The first-order valence-electron chi connectivity index (χ1n) is 7.70. The van der Waals surface area contributed by atoms with Crippen LogP contribution in [0.4, 0.5) is 0 Å². The molecule has 0 saturated heterocycles. The first-order chi connectivity index (χ1) is 9.19. The van der Waals surface area contributed by atoms with Crippen LogP contribution in [0.2, 0.25) is 0 Å². The molecular formula is C16H22N2O. The van der Waals surface area contributed by atoms with Gasteiger partial charge in [-0.05, 0) is 61.8 Å². The third-order valence-electron chi connectivity index (χ3n) is 5.72. The van der Waals surface area contributed by atoms with E-state index in [0.717, 1.165) is 17.5 Å². The Hall–Kier alpha value is -1.12. The van der Waals surface area contributed by atoms with Crippen molar-refractivity contribution in [1.29, 1.82) is 0 Å². The van der Waals surface area contributed by atoms with E-state index in [1.165, 1.54) is 32.1 Å². The van der Waals surface area contributed by atoms with Gasteiger partial charge in [-0.2, -0.15) is 5.10 Å². The number of rotatable bonds is 3. The zero-order valence-electron chi connectivity index (χ0n) is 11.6. The van der Waals surface area contributed by atoms with Gasteiger partial charge in [0.05, 0.1) is 12.1 Å². The second-order valence-corrected chi connectivity index (χ2v) is 7.08. The molecule has 3 heteroatoms. The normalized spacial score (nSPS) is 39.7. The number of carbonyl (C=O) groups excluding carboxylic acids is 1. The van der Waals surface area contributed by atoms with E-state index >= 15 is 0 Å². The molecule has 1 heterocycles. The summed E-state index contributed by atoms with van der Waals surface area (Å²) >= 11 is 0. The third kappa shape index (κ3) is 1.94. The molecule has 1 aromatic heterocycles. The van der Waals surface area contributed by atoms with Crippen LogP contribution in [0.25, 0.3) is 0 Å². The van der Waals surface area contributed by atoms with E-state index in [4.69, 9.17) is 0 Å². The summed E-state index contributed by atoms with van der Waals surface area (Å²) in [6.07, 6.45) is 9.23. The van der Waals surface area contributed by atoms with Crippen molar-refractivity contribution in [1.82, 2.24) is 9.78 Å². The van der Waals surface area contributed by atoms with Gasteiger partial charge in [-0.1, -0.05) is 0 Å².